The molecule has 0 aliphatic rings. The van der Waals surface area contributed by atoms with Crippen molar-refractivity contribution < 1.29 is 18.7 Å². The van der Waals surface area contributed by atoms with Crippen LogP contribution in [0.5, 0.6) is 0 Å². The maximum atomic E-state index is 13.6. The van der Waals surface area contributed by atoms with Gasteiger partial charge in [0.1, 0.15) is 5.82 Å². The molecule has 1 amide bonds. The lowest BCUT2D eigenvalue weighted by Crippen LogP contribution is -2.21. The number of nitrogens with one attached hydrogen (secondary N) is 1. The van der Waals surface area contributed by atoms with Crippen LogP contribution in [0.1, 0.15) is 15.9 Å². The minimum absolute atomic E-state index is 0.160. The fourth-order valence-corrected chi connectivity index (χ4v) is 2.11. The van der Waals surface area contributed by atoms with Crippen molar-refractivity contribution in [2.75, 3.05) is 11.9 Å². The summed E-state index contributed by atoms with van der Waals surface area (Å²) >= 11 is 11.4. The molecule has 2 aromatic rings. The lowest BCUT2D eigenvalue weighted by molar-refractivity contribution is -0.119. The number of carbonyl (C=O) groups is 2. The Morgan fingerprint density at radius 1 is 1.13 bits per heavy atom. The van der Waals surface area contributed by atoms with Crippen LogP contribution in [0.4, 0.5) is 10.1 Å². The van der Waals surface area contributed by atoms with Crippen molar-refractivity contribution in [1.29, 1.82) is 0 Å². The third-order valence-electron chi connectivity index (χ3n) is 2.96. The smallest absolute Gasteiger partial charge is 0.341 e. The Bertz CT molecular complexity index is 765. The number of anilines is 1. The third-order valence-corrected chi connectivity index (χ3v) is 3.43. The molecule has 0 radical (unpaired) electrons. The second-order valence-electron chi connectivity index (χ2n) is 4.71. The van der Waals surface area contributed by atoms with Gasteiger partial charge in [-0.15, -0.1) is 0 Å². The van der Waals surface area contributed by atoms with E-state index in [0.29, 0.717) is 10.7 Å². The zero-order valence-corrected chi connectivity index (χ0v) is 13.5. The third kappa shape index (κ3) is 4.68. The predicted octanol–water partition coefficient (Wildman–Crippen LogP) is 4.24. The van der Waals surface area contributed by atoms with Gasteiger partial charge in [0, 0.05) is 15.7 Å². The Morgan fingerprint density at radius 2 is 1.78 bits per heavy atom. The summed E-state index contributed by atoms with van der Waals surface area (Å²) in [6.07, 6.45) is 0. The Hall–Kier alpha value is -2.11. The van der Waals surface area contributed by atoms with Gasteiger partial charge in [0.15, 0.2) is 6.61 Å². The van der Waals surface area contributed by atoms with E-state index in [1.54, 1.807) is 25.1 Å². The lowest BCUT2D eigenvalue weighted by atomic mass is 10.2. The number of hydrogen-bond acceptors (Lipinski definition) is 3. The van der Waals surface area contributed by atoms with Gasteiger partial charge in [0.05, 0.1) is 5.56 Å². The number of carbonyl (C=O) groups excluding carboxylic acids is 2. The summed E-state index contributed by atoms with van der Waals surface area (Å²) < 4.78 is 18.4. The molecule has 0 atom stereocenters. The van der Waals surface area contributed by atoms with Crippen molar-refractivity contribution in [3.05, 3.63) is 63.4 Å². The molecule has 7 heteroatoms. The Kier molecular flexibility index (Phi) is 5.58. The van der Waals surface area contributed by atoms with E-state index in [0.717, 1.165) is 11.6 Å². The summed E-state index contributed by atoms with van der Waals surface area (Å²) in [7, 11) is 0. The Labute approximate surface area is 142 Å². The number of benzene rings is 2. The van der Waals surface area contributed by atoms with Crippen LogP contribution >= 0.6 is 23.2 Å². The Morgan fingerprint density at radius 3 is 2.48 bits per heavy atom. The molecule has 0 unspecified atom stereocenters. The second kappa shape index (κ2) is 7.44. The highest BCUT2D eigenvalue weighted by Gasteiger charge is 2.15. The molecule has 0 aromatic heterocycles. The second-order valence-corrected chi connectivity index (χ2v) is 5.58. The van der Waals surface area contributed by atoms with Gasteiger partial charge in [-0.2, -0.15) is 0 Å². The monoisotopic (exact) mass is 355 g/mol. The number of ether oxygens (including phenoxy) is 1. The first-order valence-electron chi connectivity index (χ1n) is 6.55. The van der Waals surface area contributed by atoms with E-state index >= 15 is 0 Å². The van der Waals surface area contributed by atoms with E-state index in [9.17, 15) is 14.0 Å². The standard InChI is InChI=1S/C16H12Cl2FNO3/c1-9-2-3-11(18)7-14(9)20-15(21)8-23-16(22)12-5-4-10(17)6-13(12)19/h2-7H,8H2,1H3,(H,20,21). The molecule has 23 heavy (non-hydrogen) atoms. The van der Waals surface area contributed by atoms with E-state index in [-0.39, 0.29) is 10.6 Å². The summed E-state index contributed by atoms with van der Waals surface area (Å²) in [6.45, 7) is 1.24. The first-order chi connectivity index (χ1) is 10.9. The first kappa shape index (κ1) is 17.2. The van der Waals surface area contributed by atoms with Crippen molar-refractivity contribution in [1.82, 2.24) is 0 Å². The highest BCUT2D eigenvalue weighted by molar-refractivity contribution is 6.31. The molecule has 0 aliphatic heterocycles. The van der Waals surface area contributed by atoms with E-state index < -0.39 is 24.3 Å². The van der Waals surface area contributed by atoms with Crippen LogP contribution in [0.3, 0.4) is 0 Å². The molecule has 2 rings (SSSR count). The van der Waals surface area contributed by atoms with Gasteiger partial charge < -0.3 is 10.1 Å². The molecule has 0 saturated heterocycles. The minimum Gasteiger partial charge on any atom is -0.452 e. The van der Waals surface area contributed by atoms with Crippen LogP contribution in [0.2, 0.25) is 10.0 Å². The van der Waals surface area contributed by atoms with Crippen molar-refractivity contribution >= 4 is 40.8 Å². The predicted molar refractivity (Wildman–Crippen MR) is 86.5 cm³/mol. The van der Waals surface area contributed by atoms with Crippen molar-refractivity contribution in [3.8, 4) is 0 Å². The van der Waals surface area contributed by atoms with Gasteiger partial charge >= 0.3 is 5.97 Å². The van der Waals surface area contributed by atoms with Gasteiger partial charge in [-0.3, -0.25) is 4.79 Å². The summed E-state index contributed by atoms with van der Waals surface area (Å²) in [5.41, 5.74) is 1.02. The summed E-state index contributed by atoms with van der Waals surface area (Å²) in [4.78, 5) is 23.6. The fraction of sp³-hybridized carbons (Fsp3) is 0.125. The molecular formula is C16H12Cl2FNO3. The molecule has 120 valence electrons. The molecule has 0 bridgehead atoms. The number of hydrogen-bond donors (Lipinski definition) is 1. The van der Waals surface area contributed by atoms with E-state index in [4.69, 9.17) is 27.9 Å². The molecule has 4 nitrogen and oxygen atoms in total. The van der Waals surface area contributed by atoms with Crippen LogP contribution in [-0.4, -0.2) is 18.5 Å². The summed E-state index contributed by atoms with van der Waals surface area (Å²) in [5.74, 6) is -2.32. The van der Waals surface area contributed by atoms with E-state index in [1.807, 2.05) is 0 Å². The number of aryl methyl sites for hydroxylation is 1. The molecule has 2 aromatic carbocycles. The van der Waals surface area contributed by atoms with Crippen molar-refractivity contribution in [3.63, 3.8) is 0 Å². The zero-order chi connectivity index (χ0) is 17.0. The van der Waals surface area contributed by atoms with Gasteiger partial charge in [0.2, 0.25) is 0 Å². The number of halogens is 3. The van der Waals surface area contributed by atoms with Crippen LogP contribution in [0.25, 0.3) is 0 Å². The highest BCUT2D eigenvalue weighted by Crippen LogP contribution is 2.20. The van der Waals surface area contributed by atoms with E-state index in [2.05, 4.69) is 5.32 Å². The summed E-state index contributed by atoms with van der Waals surface area (Å²) in [6, 6.07) is 8.56. The average molecular weight is 356 g/mol. The summed E-state index contributed by atoms with van der Waals surface area (Å²) in [5, 5.41) is 3.19. The van der Waals surface area contributed by atoms with Crippen LogP contribution in [0.15, 0.2) is 36.4 Å². The molecule has 1 N–H and O–H groups in total. The number of rotatable bonds is 4. The molecule has 0 aliphatic carbocycles. The average Bonchev–Trinajstić information content (AvgIpc) is 2.48. The topological polar surface area (TPSA) is 55.4 Å². The Balaban J connectivity index is 1.96. The number of esters is 1. The van der Waals surface area contributed by atoms with Crippen molar-refractivity contribution in [2.45, 2.75) is 6.92 Å². The highest BCUT2D eigenvalue weighted by atomic mass is 35.5. The van der Waals surface area contributed by atoms with Crippen molar-refractivity contribution in [2.24, 2.45) is 0 Å². The maximum Gasteiger partial charge on any atom is 0.341 e. The molecule has 0 heterocycles. The SMILES string of the molecule is Cc1ccc(Cl)cc1NC(=O)COC(=O)c1ccc(Cl)cc1F. The van der Waals surface area contributed by atoms with Gasteiger partial charge in [0.25, 0.3) is 5.91 Å². The first-order valence-corrected chi connectivity index (χ1v) is 7.30. The normalized spacial score (nSPS) is 10.3. The van der Waals surface area contributed by atoms with Crippen LogP contribution in [0, 0.1) is 12.7 Å². The van der Waals surface area contributed by atoms with Crippen LogP contribution in [-0.2, 0) is 9.53 Å². The maximum absolute atomic E-state index is 13.6. The lowest BCUT2D eigenvalue weighted by Gasteiger charge is -2.09. The molecular weight excluding hydrogens is 344 g/mol. The fourth-order valence-electron chi connectivity index (χ4n) is 1.78. The van der Waals surface area contributed by atoms with Gasteiger partial charge in [-0.1, -0.05) is 29.3 Å². The van der Waals surface area contributed by atoms with Gasteiger partial charge in [-0.05, 0) is 42.8 Å². The number of amides is 1. The van der Waals surface area contributed by atoms with Crippen LogP contribution < -0.4 is 5.32 Å². The largest absolute Gasteiger partial charge is 0.452 e. The van der Waals surface area contributed by atoms with E-state index in [1.165, 1.54) is 12.1 Å². The van der Waals surface area contributed by atoms with Gasteiger partial charge in [-0.25, -0.2) is 9.18 Å². The molecule has 0 spiro atoms. The zero-order valence-electron chi connectivity index (χ0n) is 12.0. The minimum atomic E-state index is -0.947. The quantitative estimate of drug-likeness (QED) is 0.834. The molecule has 0 fully saturated rings. The molecule has 0 saturated carbocycles.